The average molecular weight is 279 g/mol. The zero-order valence-corrected chi connectivity index (χ0v) is 11.2. The van der Waals surface area contributed by atoms with E-state index in [1.165, 1.54) is 11.3 Å². The highest BCUT2D eigenvalue weighted by molar-refractivity contribution is 7.17. The van der Waals surface area contributed by atoms with Gasteiger partial charge in [-0.1, -0.05) is 12.1 Å². The normalized spacial score (nSPS) is 18.4. The van der Waals surface area contributed by atoms with Crippen LogP contribution in [0.1, 0.15) is 29.4 Å². The van der Waals surface area contributed by atoms with Gasteiger partial charge in [-0.3, -0.25) is 14.3 Å². The number of likely N-dealkylation sites (tertiary alicyclic amines) is 1. The van der Waals surface area contributed by atoms with Crippen LogP contribution in [0.15, 0.2) is 21.5 Å². The van der Waals surface area contributed by atoms with Gasteiger partial charge in [0.15, 0.2) is 5.82 Å². The Balaban J connectivity index is 1.81. The fraction of sp³-hybridized carbons (Fsp3) is 0.417. The highest BCUT2D eigenvalue weighted by atomic mass is 32.1. The van der Waals surface area contributed by atoms with E-state index in [0.29, 0.717) is 16.7 Å². The minimum atomic E-state index is -0.593. The molecular weight excluding hydrogens is 266 g/mol. The molecule has 0 saturated carbocycles. The average Bonchev–Trinajstić information content (AvgIpc) is 2.96. The maximum Gasteiger partial charge on any atom is 0.439 e. The maximum atomic E-state index is 12.3. The SMILES string of the molecule is CCC1CCN1C(=O)c1ccc(-c2noc(=O)[nH]2)s1. The molecule has 3 heterocycles. The van der Waals surface area contributed by atoms with Gasteiger partial charge in [-0.2, -0.15) is 0 Å². The van der Waals surface area contributed by atoms with Crippen molar-refractivity contribution < 1.29 is 9.32 Å². The lowest BCUT2D eigenvalue weighted by molar-refractivity contribution is 0.0460. The number of carbonyl (C=O) groups excluding carboxylic acids is 1. The highest BCUT2D eigenvalue weighted by Gasteiger charge is 2.31. The molecule has 0 aromatic carbocycles. The fourth-order valence-electron chi connectivity index (χ4n) is 2.19. The standard InChI is InChI=1S/C12H13N3O3S/c1-2-7-5-6-15(7)11(16)9-4-3-8(19-9)10-13-12(17)18-14-10/h3-4,7H,2,5-6H2,1H3,(H,13,14,17). The molecule has 1 unspecified atom stereocenters. The molecule has 1 aliphatic heterocycles. The molecule has 7 heteroatoms. The molecule has 1 saturated heterocycles. The Bertz CT molecular complexity index is 655. The van der Waals surface area contributed by atoms with E-state index < -0.39 is 5.76 Å². The van der Waals surface area contributed by atoms with Crippen molar-refractivity contribution in [3.05, 3.63) is 27.6 Å². The van der Waals surface area contributed by atoms with Crippen LogP contribution < -0.4 is 5.76 Å². The zero-order valence-electron chi connectivity index (χ0n) is 10.4. The van der Waals surface area contributed by atoms with E-state index in [4.69, 9.17) is 0 Å². The van der Waals surface area contributed by atoms with Gasteiger partial charge in [0, 0.05) is 12.6 Å². The third-order valence-corrected chi connectivity index (χ3v) is 4.45. The lowest BCUT2D eigenvalue weighted by Gasteiger charge is -2.40. The first-order valence-corrected chi connectivity index (χ1v) is 6.98. The number of carbonyl (C=O) groups is 1. The third kappa shape index (κ3) is 2.10. The predicted octanol–water partition coefficient (Wildman–Crippen LogP) is 1.72. The first kappa shape index (κ1) is 12.2. The molecule has 3 rings (SSSR count). The number of amides is 1. The van der Waals surface area contributed by atoms with E-state index in [-0.39, 0.29) is 5.91 Å². The summed E-state index contributed by atoms with van der Waals surface area (Å²) in [6.07, 6.45) is 2.07. The van der Waals surface area contributed by atoms with Crippen molar-refractivity contribution in [2.75, 3.05) is 6.54 Å². The second-order valence-corrected chi connectivity index (χ2v) is 5.54. The molecular formula is C12H13N3O3S. The Morgan fingerprint density at radius 2 is 2.47 bits per heavy atom. The van der Waals surface area contributed by atoms with Crippen molar-refractivity contribution in [2.45, 2.75) is 25.8 Å². The van der Waals surface area contributed by atoms with E-state index in [1.54, 1.807) is 12.1 Å². The zero-order chi connectivity index (χ0) is 13.4. The molecule has 0 spiro atoms. The van der Waals surface area contributed by atoms with Gasteiger partial charge in [-0.25, -0.2) is 4.79 Å². The Kier molecular flexibility index (Phi) is 2.98. The van der Waals surface area contributed by atoms with Crippen LogP contribution in [0, 0.1) is 0 Å². The molecule has 1 N–H and O–H groups in total. The lowest BCUT2D eigenvalue weighted by Crippen LogP contribution is -2.50. The maximum absolute atomic E-state index is 12.3. The summed E-state index contributed by atoms with van der Waals surface area (Å²) in [6, 6.07) is 3.90. The summed E-state index contributed by atoms with van der Waals surface area (Å²) >= 11 is 1.31. The number of thiophene rings is 1. The molecule has 1 fully saturated rings. The summed E-state index contributed by atoms with van der Waals surface area (Å²) in [6.45, 7) is 2.91. The van der Waals surface area contributed by atoms with Crippen molar-refractivity contribution in [1.82, 2.24) is 15.0 Å². The lowest BCUT2D eigenvalue weighted by atomic mass is 10.0. The molecule has 0 bridgehead atoms. The van der Waals surface area contributed by atoms with Gasteiger partial charge in [0.2, 0.25) is 0 Å². The van der Waals surface area contributed by atoms with Gasteiger partial charge >= 0.3 is 5.76 Å². The number of rotatable bonds is 3. The van der Waals surface area contributed by atoms with Gasteiger partial charge < -0.3 is 4.90 Å². The van der Waals surface area contributed by atoms with Crippen LogP contribution in [0.3, 0.4) is 0 Å². The number of aromatic amines is 1. The smallest absolute Gasteiger partial charge is 0.335 e. The quantitative estimate of drug-likeness (QED) is 0.927. The third-order valence-electron chi connectivity index (χ3n) is 3.37. The van der Waals surface area contributed by atoms with Gasteiger partial charge in [0.25, 0.3) is 5.91 Å². The van der Waals surface area contributed by atoms with Crippen LogP contribution in [0.4, 0.5) is 0 Å². The van der Waals surface area contributed by atoms with Gasteiger partial charge in [-0.15, -0.1) is 11.3 Å². The summed E-state index contributed by atoms with van der Waals surface area (Å²) in [7, 11) is 0. The van der Waals surface area contributed by atoms with Crippen molar-refractivity contribution >= 4 is 17.2 Å². The number of hydrogen-bond acceptors (Lipinski definition) is 5. The van der Waals surface area contributed by atoms with E-state index in [2.05, 4.69) is 21.6 Å². The molecule has 19 heavy (non-hydrogen) atoms. The Hall–Kier alpha value is -1.89. The number of H-pyrrole nitrogens is 1. The van der Waals surface area contributed by atoms with Crippen molar-refractivity contribution in [1.29, 1.82) is 0 Å². The topological polar surface area (TPSA) is 79.2 Å². The molecule has 1 atom stereocenters. The minimum absolute atomic E-state index is 0.0557. The summed E-state index contributed by atoms with van der Waals surface area (Å²) in [4.78, 5) is 28.9. The largest absolute Gasteiger partial charge is 0.439 e. The van der Waals surface area contributed by atoms with Crippen molar-refractivity contribution in [3.63, 3.8) is 0 Å². The number of nitrogens with zero attached hydrogens (tertiary/aromatic N) is 2. The van der Waals surface area contributed by atoms with Crippen LogP contribution >= 0.6 is 11.3 Å². The molecule has 6 nitrogen and oxygen atoms in total. The van der Waals surface area contributed by atoms with Gasteiger partial charge in [-0.05, 0) is 25.0 Å². The van der Waals surface area contributed by atoms with Crippen molar-refractivity contribution in [2.24, 2.45) is 0 Å². The molecule has 0 aliphatic carbocycles. The Labute approximate surface area is 113 Å². The van der Waals surface area contributed by atoms with E-state index in [1.807, 2.05) is 4.90 Å². The molecule has 1 aliphatic rings. The fourth-order valence-corrected chi connectivity index (χ4v) is 3.09. The summed E-state index contributed by atoms with van der Waals surface area (Å²) in [5.41, 5.74) is 0. The molecule has 2 aromatic rings. The van der Waals surface area contributed by atoms with E-state index >= 15 is 0 Å². The molecule has 1 amide bonds. The van der Waals surface area contributed by atoms with Crippen LogP contribution in [-0.2, 0) is 0 Å². The van der Waals surface area contributed by atoms with Crippen LogP contribution in [0.25, 0.3) is 10.7 Å². The highest BCUT2D eigenvalue weighted by Crippen LogP contribution is 2.29. The summed E-state index contributed by atoms with van der Waals surface area (Å²) in [5, 5.41) is 3.61. The molecule has 0 radical (unpaired) electrons. The molecule has 2 aromatic heterocycles. The van der Waals surface area contributed by atoms with E-state index in [0.717, 1.165) is 24.3 Å². The van der Waals surface area contributed by atoms with Gasteiger partial charge in [0.1, 0.15) is 0 Å². The number of nitrogens with one attached hydrogen (secondary N) is 1. The Morgan fingerprint density at radius 3 is 3.05 bits per heavy atom. The first-order chi connectivity index (χ1) is 9.19. The summed E-state index contributed by atoms with van der Waals surface area (Å²) < 4.78 is 4.45. The second kappa shape index (κ2) is 4.65. The van der Waals surface area contributed by atoms with Gasteiger partial charge in [0.05, 0.1) is 9.75 Å². The predicted molar refractivity (Wildman–Crippen MR) is 70.2 cm³/mol. The van der Waals surface area contributed by atoms with Crippen LogP contribution in [0.2, 0.25) is 0 Å². The number of hydrogen-bond donors (Lipinski definition) is 1. The Morgan fingerprint density at radius 1 is 1.63 bits per heavy atom. The first-order valence-electron chi connectivity index (χ1n) is 6.16. The molecule has 100 valence electrons. The summed E-state index contributed by atoms with van der Waals surface area (Å²) in [5.74, 6) is -0.171. The monoisotopic (exact) mass is 279 g/mol. The number of aromatic nitrogens is 2. The van der Waals surface area contributed by atoms with Crippen molar-refractivity contribution in [3.8, 4) is 10.7 Å². The second-order valence-electron chi connectivity index (χ2n) is 4.46. The van der Waals surface area contributed by atoms with E-state index in [9.17, 15) is 9.59 Å². The van der Waals surface area contributed by atoms with Crippen LogP contribution in [-0.4, -0.2) is 33.5 Å². The minimum Gasteiger partial charge on any atom is -0.335 e. The van der Waals surface area contributed by atoms with Crippen LogP contribution in [0.5, 0.6) is 0 Å².